The highest BCUT2D eigenvalue weighted by Crippen LogP contribution is 2.65. The number of hydrogen-bond donors (Lipinski definition) is 1. The van der Waals surface area contributed by atoms with Gasteiger partial charge in [0.25, 0.3) is 0 Å². The van der Waals surface area contributed by atoms with Crippen molar-refractivity contribution >= 4 is 29.4 Å². The van der Waals surface area contributed by atoms with Crippen molar-refractivity contribution in [3.05, 3.63) is 42.0 Å². The molecule has 168 valence electrons. The first kappa shape index (κ1) is 20.9. The zero-order valence-corrected chi connectivity index (χ0v) is 18.3. The molecule has 7 atom stereocenters. The molecule has 1 saturated heterocycles. The van der Waals surface area contributed by atoms with E-state index < -0.39 is 17.9 Å². The molecule has 0 spiro atoms. The fourth-order valence-electron chi connectivity index (χ4n) is 5.81. The lowest BCUT2D eigenvalue weighted by Gasteiger charge is -2.37. The van der Waals surface area contributed by atoms with E-state index in [0.29, 0.717) is 29.7 Å². The van der Waals surface area contributed by atoms with E-state index in [0.717, 1.165) is 19.3 Å². The van der Waals surface area contributed by atoms with E-state index in [-0.39, 0.29) is 35.5 Å². The number of hydrogen-bond acceptors (Lipinski definition) is 5. The second-order valence-corrected chi connectivity index (χ2v) is 9.43. The molecule has 4 aliphatic carbocycles. The molecule has 1 heterocycles. The minimum atomic E-state index is -0.894. The number of rotatable bonds is 7. The zero-order chi connectivity index (χ0) is 22.6. The summed E-state index contributed by atoms with van der Waals surface area (Å²) >= 11 is 0. The maximum Gasteiger partial charge on any atom is 0.338 e. The van der Waals surface area contributed by atoms with Gasteiger partial charge in [0, 0.05) is 5.69 Å². The summed E-state index contributed by atoms with van der Waals surface area (Å²) in [5, 5.41) is 2.76. The number of anilines is 1. The van der Waals surface area contributed by atoms with Crippen LogP contribution in [0.2, 0.25) is 0 Å². The molecular formula is C25H28N2O5. The first-order valence-corrected chi connectivity index (χ1v) is 11.6. The molecule has 3 fully saturated rings. The second kappa shape index (κ2) is 7.87. The largest absolute Gasteiger partial charge is 0.462 e. The SMILES string of the molecule is CCCCOC(=O)c1ccc(NC(=O)[C@@H](C)N2C(=O)[C@H]3[C@@H]4C=C[C@H]([C@H]5C[C@H]45)[C@@H]3C2=O)cc1. The van der Waals surface area contributed by atoms with E-state index in [2.05, 4.69) is 17.5 Å². The fourth-order valence-corrected chi connectivity index (χ4v) is 5.81. The third-order valence-electron chi connectivity index (χ3n) is 7.58. The molecule has 1 aliphatic heterocycles. The summed E-state index contributed by atoms with van der Waals surface area (Å²) in [5.41, 5.74) is 0.897. The van der Waals surface area contributed by atoms with Crippen LogP contribution >= 0.6 is 0 Å². The van der Waals surface area contributed by atoms with Gasteiger partial charge in [-0.15, -0.1) is 0 Å². The lowest BCUT2D eigenvalue weighted by atomic mass is 9.63. The molecule has 0 aromatic heterocycles. The normalized spacial score (nSPS) is 32.4. The molecule has 3 amide bonds. The van der Waals surface area contributed by atoms with Crippen molar-refractivity contribution in [1.29, 1.82) is 0 Å². The van der Waals surface area contributed by atoms with Crippen LogP contribution in [0, 0.1) is 35.5 Å². The summed E-state index contributed by atoms with van der Waals surface area (Å²) in [4.78, 5) is 52.4. The number of amides is 3. The van der Waals surface area contributed by atoms with Gasteiger partial charge in [-0.05, 0) is 67.7 Å². The highest BCUT2D eigenvalue weighted by molar-refractivity contribution is 6.10. The average molecular weight is 437 g/mol. The number of esters is 1. The Kier molecular flexibility index (Phi) is 5.14. The smallest absolute Gasteiger partial charge is 0.338 e. The standard InChI is InChI=1S/C25H28N2O5/c1-3-4-11-32-25(31)14-5-7-15(8-6-14)26-22(28)13(2)27-23(29)20-16-9-10-17(19-12-18(16)19)21(20)24(27)30/h5-10,13,16-21H,3-4,11-12H2,1-2H3,(H,26,28)/t13-,16-,17-,18-,19-,20+,21+/m1/s1. The number of imide groups is 1. The Bertz CT molecular complexity index is 964. The summed E-state index contributed by atoms with van der Waals surface area (Å²) in [7, 11) is 0. The van der Waals surface area contributed by atoms with Crippen LogP contribution in [0.3, 0.4) is 0 Å². The highest BCUT2D eigenvalue weighted by Gasteiger charge is 2.67. The topological polar surface area (TPSA) is 92.8 Å². The van der Waals surface area contributed by atoms with Crippen LogP contribution in [-0.2, 0) is 19.1 Å². The molecule has 7 heteroatoms. The number of ether oxygens (including phenoxy) is 1. The number of allylic oxidation sites excluding steroid dienone is 2. The van der Waals surface area contributed by atoms with E-state index in [9.17, 15) is 19.2 Å². The van der Waals surface area contributed by atoms with E-state index in [1.54, 1.807) is 31.2 Å². The summed E-state index contributed by atoms with van der Waals surface area (Å²) < 4.78 is 5.19. The van der Waals surface area contributed by atoms with Crippen LogP contribution < -0.4 is 5.32 Å². The number of nitrogens with zero attached hydrogens (tertiary/aromatic N) is 1. The predicted molar refractivity (Wildman–Crippen MR) is 116 cm³/mol. The van der Waals surface area contributed by atoms with Crippen molar-refractivity contribution in [2.24, 2.45) is 35.5 Å². The Balaban J connectivity index is 1.23. The van der Waals surface area contributed by atoms with Crippen molar-refractivity contribution in [3.63, 3.8) is 0 Å². The van der Waals surface area contributed by atoms with Crippen molar-refractivity contribution in [2.75, 3.05) is 11.9 Å². The minimum absolute atomic E-state index is 0.135. The number of nitrogens with one attached hydrogen (secondary N) is 1. The molecule has 5 aliphatic rings. The lowest BCUT2D eigenvalue weighted by molar-refractivity contribution is -0.146. The first-order valence-electron chi connectivity index (χ1n) is 11.6. The lowest BCUT2D eigenvalue weighted by Crippen LogP contribution is -2.46. The number of carbonyl (C=O) groups is 4. The number of carbonyl (C=O) groups excluding carboxylic acids is 4. The average Bonchev–Trinajstić information content (AvgIpc) is 3.57. The molecule has 0 unspecified atom stereocenters. The molecule has 32 heavy (non-hydrogen) atoms. The molecular weight excluding hydrogens is 408 g/mol. The van der Waals surface area contributed by atoms with Crippen molar-refractivity contribution in [3.8, 4) is 0 Å². The summed E-state index contributed by atoms with van der Waals surface area (Å²) in [6, 6.07) is 5.52. The minimum Gasteiger partial charge on any atom is -0.462 e. The van der Waals surface area contributed by atoms with Crippen LogP contribution in [0.4, 0.5) is 5.69 Å². The Morgan fingerprint density at radius 1 is 1.06 bits per heavy atom. The van der Waals surface area contributed by atoms with Crippen LogP contribution in [0.15, 0.2) is 36.4 Å². The Labute approximate surface area is 187 Å². The Morgan fingerprint density at radius 3 is 2.22 bits per heavy atom. The number of likely N-dealkylation sites (tertiary alicyclic amines) is 1. The number of benzene rings is 1. The van der Waals surface area contributed by atoms with Crippen LogP contribution in [-0.4, -0.2) is 41.2 Å². The molecule has 0 radical (unpaired) electrons. The molecule has 1 aromatic rings. The van der Waals surface area contributed by atoms with E-state index in [4.69, 9.17) is 4.74 Å². The maximum absolute atomic E-state index is 13.2. The van der Waals surface area contributed by atoms with Crippen LogP contribution in [0.25, 0.3) is 0 Å². The van der Waals surface area contributed by atoms with Gasteiger partial charge >= 0.3 is 5.97 Å². The monoisotopic (exact) mass is 436 g/mol. The zero-order valence-electron chi connectivity index (χ0n) is 18.3. The van der Waals surface area contributed by atoms with Crippen molar-refractivity contribution in [1.82, 2.24) is 4.90 Å². The van der Waals surface area contributed by atoms with E-state index in [1.807, 2.05) is 6.92 Å². The number of unbranched alkanes of at least 4 members (excludes halogenated alkanes) is 1. The summed E-state index contributed by atoms with van der Waals surface area (Å²) in [6.45, 7) is 4.00. The molecule has 1 aromatic carbocycles. The third kappa shape index (κ3) is 3.26. The quantitative estimate of drug-likeness (QED) is 0.307. The highest BCUT2D eigenvalue weighted by atomic mass is 16.5. The van der Waals surface area contributed by atoms with Gasteiger partial charge in [0.05, 0.1) is 24.0 Å². The van der Waals surface area contributed by atoms with Gasteiger partial charge in [-0.1, -0.05) is 25.5 Å². The molecule has 2 saturated carbocycles. The molecule has 1 N–H and O–H groups in total. The molecule has 7 nitrogen and oxygen atoms in total. The summed E-state index contributed by atoms with van der Waals surface area (Å²) in [6.07, 6.45) is 7.10. The first-order chi connectivity index (χ1) is 15.4. The fraction of sp³-hybridized carbons (Fsp3) is 0.520. The molecule has 6 rings (SSSR count). The van der Waals surface area contributed by atoms with Crippen molar-refractivity contribution in [2.45, 2.75) is 39.2 Å². The van der Waals surface area contributed by atoms with E-state index >= 15 is 0 Å². The second-order valence-electron chi connectivity index (χ2n) is 9.43. The van der Waals surface area contributed by atoms with Crippen LogP contribution in [0.1, 0.15) is 43.5 Å². The van der Waals surface area contributed by atoms with Crippen LogP contribution in [0.5, 0.6) is 0 Å². The Morgan fingerprint density at radius 2 is 1.66 bits per heavy atom. The van der Waals surface area contributed by atoms with E-state index in [1.165, 1.54) is 4.90 Å². The predicted octanol–water partition coefficient (Wildman–Crippen LogP) is 3.02. The third-order valence-corrected chi connectivity index (χ3v) is 7.58. The van der Waals surface area contributed by atoms with Gasteiger partial charge in [0.2, 0.25) is 17.7 Å². The molecule has 2 bridgehead atoms. The van der Waals surface area contributed by atoms with Crippen molar-refractivity contribution < 1.29 is 23.9 Å². The van der Waals surface area contributed by atoms with Gasteiger partial charge in [-0.2, -0.15) is 0 Å². The Hall–Kier alpha value is -2.96. The van der Waals surface area contributed by atoms with Gasteiger partial charge in [-0.3, -0.25) is 19.3 Å². The maximum atomic E-state index is 13.2. The van der Waals surface area contributed by atoms with Gasteiger partial charge < -0.3 is 10.1 Å². The van der Waals surface area contributed by atoms with Gasteiger partial charge in [0.1, 0.15) is 6.04 Å². The summed E-state index contributed by atoms with van der Waals surface area (Å²) in [5.74, 6) is -0.541. The van der Waals surface area contributed by atoms with Gasteiger partial charge in [0.15, 0.2) is 0 Å². The van der Waals surface area contributed by atoms with Gasteiger partial charge in [-0.25, -0.2) is 4.79 Å².